The van der Waals surface area contributed by atoms with Crippen molar-refractivity contribution >= 4 is 5.78 Å². The highest BCUT2D eigenvalue weighted by Gasteiger charge is 2.21. The van der Waals surface area contributed by atoms with Gasteiger partial charge in [-0.25, -0.2) is 0 Å². The fourth-order valence-electron chi connectivity index (χ4n) is 2.08. The third kappa shape index (κ3) is 4.76. The van der Waals surface area contributed by atoms with E-state index in [2.05, 4.69) is 13.8 Å². The van der Waals surface area contributed by atoms with Gasteiger partial charge >= 0.3 is 0 Å². The van der Waals surface area contributed by atoms with Crippen molar-refractivity contribution in [1.82, 2.24) is 0 Å². The maximum absolute atomic E-state index is 12.2. The molecule has 1 aromatic heterocycles. The first-order valence-corrected chi connectivity index (χ1v) is 6.85. The number of ketones is 1. The van der Waals surface area contributed by atoms with Gasteiger partial charge in [-0.05, 0) is 25.0 Å². The van der Waals surface area contributed by atoms with Crippen molar-refractivity contribution < 1.29 is 9.21 Å². The molecule has 0 N–H and O–H groups in total. The van der Waals surface area contributed by atoms with Gasteiger partial charge in [-0.3, -0.25) is 4.79 Å². The van der Waals surface area contributed by atoms with Crippen molar-refractivity contribution in [2.45, 2.75) is 64.7 Å². The first-order chi connectivity index (χ1) is 8.29. The first-order valence-electron chi connectivity index (χ1n) is 6.85. The van der Waals surface area contributed by atoms with Crippen LogP contribution in [0.2, 0.25) is 0 Å². The van der Waals surface area contributed by atoms with Crippen LogP contribution in [-0.4, -0.2) is 5.78 Å². The molecule has 0 saturated carbocycles. The predicted molar refractivity (Wildman–Crippen MR) is 70.1 cm³/mol. The van der Waals surface area contributed by atoms with E-state index in [1.165, 1.54) is 0 Å². The minimum atomic E-state index is -0.0122. The average molecular weight is 236 g/mol. The SMILES string of the molecule is CCCCCC(=O)C(CCCC)c1ccco1. The molecule has 0 aliphatic heterocycles. The molecule has 0 aliphatic carbocycles. The highest BCUT2D eigenvalue weighted by molar-refractivity contribution is 5.85. The summed E-state index contributed by atoms with van der Waals surface area (Å²) < 4.78 is 5.40. The lowest BCUT2D eigenvalue weighted by atomic mass is 9.92. The molecule has 0 spiro atoms. The summed E-state index contributed by atoms with van der Waals surface area (Å²) in [6.07, 6.45) is 8.81. The van der Waals surface area contributed by atoms with Gasteiger partial charge in [0, 0.05) is 6.42 Å². The molecule has 0 aliphatic rings. The van der Waals surface area contributed by atoms with E-state index < -0.39 is 0 Å². The monoisotopic (exact) mass is 236 g/mol. The van der Waals surface area contributed by atoms with Crippen LogP contribution in [0.15, 0.2) is 22.8 Å². The summed E-state index contributed by atoms with van der Waals surface area (Å²) in [6, 6.07) is 3.80. The van der Waals surface area contributed by atoms with Gasteiger partial charge in [0.1, 0.15) is 11.5 Å². The Balaban J connectivity index is 2.53. The zero-order valence-electron chi connectivity index (χ0n) is 11.1. The third-order valence-corrected chi connectivity index (χ3v) is 3.15. The summed E-state index contributed by atoms with van der Waals surface area (Å²) in [6.45, 7) is 4.31. The van der Waals surface area contributed by atoms with Crippen LogP contribution in [-0.2, 0) is 4.79 Å². The number of unbranched alkanes of at least 4 members (excludes halogenated alkanes) is 3. The topological polar surface area (TPSA) is 30.2 Å². The minimum absolute atomic E-state index is 0.0122. The normalized spacial score (nSPS) is 12.6. The Kier molecular flexibility index (Phi) is 6.68. The largest absolute Gasteiger partial charge is 0.469 e. The lowest BCUT2D eigenvalue weighted by molar-refractivity contribution is -0.121. The zero-order chi connectivity index (χ0) is 12.5. The third-order valence-electron chi connectivity index (χ3n) is 3.15. The quantitative estimate of drug-likeness (QED) is 0.581. The van der Waals surface area contributed by atoms with Gasteiger partial charge in [-0.2, -0.15) is 0 Å². The highest BCUT2D eigenvalue weighted by atomic mass is 16.3. The summed E-state index contributed by atoms with van der Waals surface area (Å²) in [4.78, 5) is 12.2. The van der Waals surface area contributed by atoms with Gasteiger partial charge in [0.15, 0.2) is 0 Å². The number of carbonyl (C=O) groups excluding carboxylic acids is 1. The molecule has 2 heteroatoms. The fraction of sp³-hybridized carbons (Fsp3) is 0.667. The van der Waals surface area contributed by atoms with Crippen molar-refractivity contribution in [3.63, 3.8) is 0 Å². The van der Waals surface area contributed by atoms with E-state index in [1.54, 1.807) is 6.26 Å². The Bertz CT molecular complexity index is 301. The first kappa shape index (κ1) is 14.0. The Labute approximate surface area is 104 Å². The molecule has 0 radical (unpaired) electrons. The van der Waals surface area contributed by atoms with Gasteiger partial charge in [0.05, 0.1) is 12.2 Å². The molecule has 1 aromatic rings. The summed E-state index contributed by atoms with van der Waals surface area (Å²) in [5.41, 5.74) is 0. The van der Waals surface area contributed by atoms with E-state index in [-0.39, 0.29) is 5.92 Å². The van der Waals surface area contributed by atoms with Crippen LogP contribution in [0.5, 0.6) is 0 Å². The molecule has 0 saturated heterocycles. The molecular weight excluding hydrogens is 212 g/mol. The number of rotatable bonds is 9. The molecule has 1 heterocycles. The van der Waals surface area contributed by atoms with Crippen molar-refractivity contribution in [2.24, 2.45) is 0 Å². The second kappa shape index (κ2) is 8.10. The number of hydrogen-bond donors (Lipinski definition) is 0. The molecule has 0 bridgehead atoms. The number of Topliss-reactive ketones (excluding diaryl/α,β-unsaturated/α-hetero) is 1. The predicted octanol–water partition coefficient (Wildman–Crippen LogP) is 4.70. The van der Waals surface area contributed by atoms with Crippen LogP contribution in [0.3, 0.4) is 0 Å². The second-order valence-corrected chi connectivity index (χ2v) is 4.63. The van der Waals surface area contributed by atoms with Gasteiger partial charge in [-0.1, -0.05) is 39.5 Å². The number of hydrogen-bond acceptors (Lipinski definition) is 2. The van der Waals surface area contributed by atoms with Gasteiger partial charge in [0.25, 0.3) is 0 Å². The Morgan fingerprint density at radius 1 is 1.24 bits per heavy atom. The zero-order valence-corrected chi connectivity index (χ0v) is 11.1. The van der Waals surface area contributed by atoms with E-state index in [1.807, 2.05) is 12.1 Å². The number of carbonyl (C=O) groups is 1. The minimum Gasteiger partial charge on any atom is -0.469 e. The maximum atomic E-state index is 12.2. The Morgan fingerprint density at radius 3 is 2.59 bits per heavy atom. The molecule has 0 fully saturated rings. The molecule has 1 unspecified atom stereocenters. The standard InChI is InChI=1S/C15H24O2/c1-3-5-7-10-14(16)13(9-6-4-2)15-11-8-12-17-15/h8,11-13H,3-7,9-10H2,1-2H3. The molecule has 1 atom stereocenters. The molecule has 96 valence electrons. The second-order valence-electron chi connectivity index (χ2n) is 4.63. The van der Waals surface area contributed by atoms with Gasteiger partial charge < -0.3 is 4.42 Å². The van der Waals surface area contributed by atoms with Crippen LogP contribution in [0.1, 0.15) is 70.5 Å². The van der Waals surface area contributed by atoms with Crippen LogP contribution in [0.25, 0.3) is 0 Å². The van der Waals surface area contributed by atoms with E-state index in [0.717, 1.165) is 44.3 Å². The average Bonchev–Trinajstić information content (AvgIpc) is 2.83. The van der Waals surface area contributed by atoms with E-state index in [4.69, 9.17) is 4.42 Å². The van der Waals surface area contributed by atoms with Crippen molar-refractivity contribution in [1.29, 1.82) is 0 Å². The number of furan rings is 1. The van der Waals surface area contributed by atoms with Crippen molar-refractivity contribution in [3.8, 4) is 0 Å². The molecule has 2 nitrogen and oxygen atoms in total. The lowest BCUT2D eigenvalue weighted by Gasteiger charge is -2.12. The van der Waals surface area contributed by atoms with Crippen LogP contribution < -0.4 is 0 Å². The van der Waals surface area contributed by atoms with E-state index in [9.17, 15) is 4.79 Å². The maximum Gasteiger partial charge on any atom is 0.143 e. The fourth-order valence-corrected chi connectivity index (χ4v) is 2.08. The van der Waals surface area contributed by atoms with E-state index in [0.29, 0.717) is 12.2 Å². The summed E-state index contributed by atoms with van der Waals surface area (Å²) in [5, 5.41) is 0. The van der Waals surface area contributed by atoms with Crippen molar-refractivity contribution in [2.75, 3.05) is 0 Å². The summed E-state index contributed by atoms with van der Waals surface area (Å²) in [5.74, 6) is 1.18. The Morgan fingerprint density at radius 2 is 2.00 bits per heavy atom. The van der Waals surface area contributed by atoms with Crippen LogP contribution >= 0.6 is 0 Å². The smallest absolute Gasteiger partial charge is 0.143 e. The van der Waals surface area contributed by atoms with Gasteiger partial charge in [0.2, 0.25) is 0 Å². The molecule has 0 amide bonds. The lowest BCUT2D eigenvalue weighted by Crippen LogP contribution is -2.12. The van der Waals surface area contributed by atoms with Gasteiger partial charge in [-0.15, -0.1) is 0 Å². The van der Waals surface area contributed by atoms with Crippen molar-refractivity contribution in [3.05, 3.63) is 24.2 Å². The summed E-state index contributed by atoms with van der Waals surface area (Å²) in [7, 11) is 0. The van der Waals surface area contributed by atoms with Crippen LogP contribution in [0, 0.1) is 0 Å². The van der Waals surface area contributed by atoms with Crippen LogP contribution in [0.4, 0.5) is 0 Å². The molecule has 0 aromatic carbocycles. The molecule has 1 rings (SSSR count). The molecule has 17 heavy (non-hydrogen) atoms. The highest BCUT2D eigenvalue weighted by Crippen LogP contribution is 2.25. The molecular formula is C15H24O2. The Hall–Kier alpha value is -1.05. The summed E-state index contributed by atoms with van der Waals surface area (Å²) >= 11 is 0. The van der Waals surface area contributed by atoms with E-state index >= 15 is 0 Å².